The molecule has 0 saturated heterocycles. The molecule has 1 N–H and O–H groups in total. The van der Waals surface area contributed by atoms with Gasteiger partial charge in [0.05, 0.1) is 6.10 Å². The number of benzene rings is 1. The highest BCUT2D eigenvalue weighted by Crippen LogP contribution is 2.13. The van der Waals surface area contributed by atoms with Gasteiger partial charge in [-0.25, -0.2) is 0 Å². The van der Waals surface area contributed by atoms with Crippen LogP contribution >= 0.6 is 0 Å². The Morgan fingerprint density at radius 1 is 1.38 bits per heavy atom. The van der Waals surface area contributed by atoms with Gasteiger partial charge >= 0.3 is 0 Å². The van der Waals surface area contributed by atoms with Crippen molar-refractivity contribution in [2.45, 2.75) is 25.9 Å². The molecule has 1 rings (SSSR count). The quantitative estimate of drug-likeness (QED) is 0.721. The number of nitroso groups, excluding NO2 is 1. The minimum atomic E-state index is -0.274. The van der Waals surface area contributed by atoms with Crippen LogP contribution in [0.25, 0.3) is 0 Å². The van der Waals surface area contributed by atoms with E-state index in [0.29, 0.717) is 5.69 Å². The molecule has 1 unspecified atom stereocenters. The van der Waals surface area contributed by atoms with Crippen molar-refractivity contribution >= 4 is 5.69 Å². The lowest BCUT2D eigenvalue weighted by molar-refractivity contribution is 0.185. The molecule has 0 radical (unpaired) electrons. The molecule has 0 amide bonds. The molecule has 0 aliphatic carbocycles. The van der Waals surface area contributed by atoms with Crippen LogP contribution in [0.3, 0.4) is 0 Å². The molecule has 0 saturated carbocycles. The highest BCUT2D eigenvalue weighted by atomic mass is 16.3. The summed E-state index contributed by atoms with van der Waals surface area (Å²) in [6.45, 7) is 1.77. The van der Waals surface area contributed by atoms with Gasteiger partial charge < -0.3 is 5.11 Å². The molecule has 1 atom stereocenters. The number of aliphatic hydroxyl groups excluding tert-OH is 1. The van der Waals surface area contributed by atoms with Crippen LogP contribution in [-0.4, -0.2) is 11.2 Å². The van der Waals surface area contributed by atoms with Crippen LogP contribution in [0.5, 0.6) is 0 Å². The lowest BCUT2D eigenvalue weighted by atomic mass is 10.1. The van der Waals surface area contributed by atoms with Gasteiger partial charge in [-0.15, -0.1) is 4.91 Å². The predicted molar refractivity (Wildman–Crippen MR) is 51.9 cm³/mol. The largest absolute Gasteiger partial charge is 0.393 e. The Bertz CT molecular complexity index is 267. The Morgan fingerprint density at radius 3 is 2.46 bits per heavy atom. The van der Waals surface area contributed by atoms with Crippen molar-refractivity contribution < 1.29 is 5.11 Å². The molecule has 70 valence electrons. The number of aryl methyl sites for hydroxylation is 1. The molecule has 13 heavy (non-hydrogen) atoms. The van der Waals surface area contributed by atoms with Gasteiger partial charge in [0.15, 0.2) is 0 Å². The smallest absolute Gasteiger partial charge is 0.108 e. The van der Waals surface area contributed by atoms with Crippen LogP contribution in [-0.2, 0) is 6.42 Å². The number of hydrogen-bond donors (Lipinski definition) is 1. The maximum atomic E-state index is 10.1. The van der Waals surface area contributed by atoms with Gasteiger partial charge in [-0.2, -0.15) is 0 Å². The van der Waals surface area contributed by atoms with E-state index < -0.39 is 0 Å². The highest BCUT2D eigenvalue weighted by Gasteiger charge is 1.98. The summed E-state index contributed by atoms with van der Waals surface area (Å²) < 4.78 is 0. The molecule has 0 heterocycles. The van der Waals surface area contributed by atoms with Crippen LogP contribution in [0.2, 0.25) is 0 Å². The number of aliphatic hydroxyl groups is 1. The SMILES string of the molecule is CC(O)CCc1ccc(N=O)cc1. The number of nitrogens with zero attached hydrogens (tertiary/aromatic N) is 1. The summed E-state index contributed by atoms with van der Waals surface area (Å²) in [5, 5.41) is 11.9. The second kappa shape index (κ2) is 4.72. The van der Waals surface area contributed by atoms with Crippen molar-refractivity contribution in [3.63, 3.8) is 0 Å². The minimum Gasteiger partial charge on any atom is -0.393 e. The zero-order valence-electron chi connectivity index (χ0n) is 7.60. The Labute approximate surface area is 77.4 Å². The van der Waals surface area contributed by atoms with Gasteiger partial charge in [-0.05, 0) is 42.6 Å². The predicted octanol–water partition coefficient (Wildman–Crippen LogP) is 2.40. The first-order valence-electron chi connectivity index (χ1n) is 4.32. The minimum absolute atomic E-state index is 0.274. The summed E-state index contributed by atoms with van der Waals surface area (Å²) in [6, 6.07) is 7.09. The first kappa shape index (κ1) is 9.86. The van der Waals surface area contributed by atoms with E-state index in [4.69, 9.17) is 5.11 Å². The molecule has 0 aromatic heterocycles. The molecule has 3 nitrogen and oxygen atoms in total. The molecule has 0 spiro atoms. The molecular formula is C10H13NO2. The first-order chi connectivity index (χ1) is 6.22. The molecule has 0 bridgehead atoms. The van der Waals surface area contributed by atoms with Gasteiger partial charge in [0.2, 0.25) is 0 Å². The molecule has 0 aliphatic rings. The average molecular weight is 179 g/mol. The zero-order valence-corrected chi connectivity index (χ0v) is 7.60. The average Bonchev–Trinajstić information content (AvgIpc) is 2.15. The first-order valence-corrected chi connectivity index (χ1v) is 4.32. The second-order valence-corrected chi connectivity index (χ2v) is 3.15. The molecule has 0 aliphatic heterocycles. The normalized spacial score (nSPS) is 12.5. The second-order valence-electron chi connectivity index (χ2n) is 3.15. The number of rotatable bonds is 4. The Morgan fingerprint density at radius 2 is 2.00 bits per heavy atom. The third-order valence-electron chi connectivity index (χ3n) is 1.89. The van der Waals surface area contributed by atoms with Crippen molar-refractivity contribution in [2.24, 2.45) is 5.18 Å². The molecule has 3 heteroatoms. The Hall–Kier alpha value is -1.22. The van der Waals surface area contributed by atoms with E-state index in [-0.39, 0.29) is 6.10 Å². The summed E-state index contributed by atoms with van der Waals surface area (Å²) in [7, 11) is 0. The Balaban J connectivity index is 2.54. The zero-order chi connectivity index (χ0) is 9.68. The van der Waals surface area contributed by atoms with E-state index in [9.17, 15) is 4.91 Å². The van der Waals surface area contributed by atoms with Crippen molar-refractivity contribution in [1.82, 2.24) is 0 Å². The van der Waals surface area contributed by atoms with Crippen LogP contribution in [0.1, 0.15) is 18.9 Å². The lowest BCUT2D eigenvalue weighted by Gasteiger charge is -2.03. The van der Waals surface area contributed by atoms with Crippen LogP contribution in [0.15, 0.2) is 29.4 Å². The van der Waals surface area contributed by atoms with E-state index in [1.54, 1.807) is 19.1 Å². The monoisotopic (exact) mass is 179 g/mol. The fourth-order valence-electron chi connectivity index (χ4n) is 1.10. The fourth-order valence-corrected chi connectivity index (χ4v) is 1.10. The summed E-state index contributed by atoms with van der Waals surface area (Å²) in [5.41, 5.74) is 1.56. The highest BCUT2D eigenvalue weighted by molar-refractivity contribution is 5.38. The Kier molecular flexibility index (Phi) is 3.58. The van der Waals surface area contributed by atoms with Crippen molar-refractivity contribution in [3.8, 4) is 0 Å². The summed E-state index contributed by atoms with van der Waals surface area (Å²) in [4.78, 5) is 10.1. The van der Waals surface area contributed by atoms with Crippen LogP contribution in [0, 0.1) is 4.91 Å². The van der Waals surface area contributed by atoms with Gasteiger partial charge in [-0.3, -0.25) is 0 Å². The lowest BCUT2D eigenvalue weighted by Crippen LogP contribution is -2.00. The summed E-state index contributed by atoms with van der Waals surface area (Å²) in [6.07, 6.45) is 1.30. The summed E-state index contributed by atoms with van der Waals surface area (Å²) in [5.74, 6) is 0. The van der Waals surface area contributed by atoms with Crippen molar-refractivity contribution in [3.05, 3.63) is 34.7 Å². The molecular weight excluding hydrogens is 166 g/mol. The standard InChI is InChI=1S/C10H13NO2/c1-8(12)2-3-9-4-6-10(11-13)7-5-9/h4-8,12H,2-3H2,1H3. The topological polar surface area (TPSA) is 49.7 Å². The number of hydrogen-bond acceptors (Lipinski definition) is 3. The molecule has 1 aromatic carbocycles. The third kappa shape index (κ3) is 3.34. The fraction of sp³-hybridized carbons (Fsp3) is 0.400. The van der Waals surface area contributed by atoms with Gasteiger partial charge in [0, 0.05) is 0 Å². The van der Waals surface area contributed by atoms with Crippen molar-refractivity contribution in [1.29, 1.82) is 0 Å². The van der Waals surface area contributed by atoms with E-state index in [2.05, 4.69) is 5.18 Å². The summed E-state index contributed by atoms with van der Waals surface area (Å²) >= 11 is 0. The van der Waals surface area contributed by atoms with E-state index in [0.717, 1.165) is 18.4 Å². The van der Waals surface area contributed by atoms with Crippen LogP contribution < -0.4 is 0 Å². The van der Waals surface area contributed by atoms with Gasteiger partial charge in [0.1, 0.15) is 5.69 Å². The van der Waals surface area contributed by atoms with E-state index >= 15 is 0 Å². The van der Waals surface area contributed by atoms with Crippen molar-refractivity contribution in [2.75, 3.05) is 0 Å². The third-order valence-corrected chi connectivity index (χ3v) is 1.89. The maximum Gasteiger partial charge on any atom is 0.108 e. The van der Waals surface area contributed by atoms with Gasteiger partial charge in [-0.1, -0.05) is 12.1 Å². The van der Waals surface area contributed by atoms with E-state index in [1.807, 2.05) is 12.1 Å². The van der Waals surface area contributed by atoms with E-state index in [1.165, 1.54) is 0 Å². The molecule has 0 fully saturated rings. The van der Waals surface area contributed by atoms with Gasteiger partial charge in [0.25, 0.3) is 0 Å². The van der Waals surface area contributed by atoms with Crippen LogP contribution in [0.4, 0.5) is 5.69 Å². The maximum absolute atomic E-state index is 10.1. The molecule has 1 aromatic rings.